The Hall–Kier alpha value is -1.71. The van der Waals surface area contributed by atoms with E-state index in [1.54, 1.807) is 0 Å². The molecular formula is C11H14N2O2. The Morgan fingerprint density at radius 1 is 1.60 bits per heavy atom. The van der Waals surface area contributed by atoms with E-state index in [1.165, 1.54) is 0 Å². The molecule has 0 fully saturated rings. The van der Waals surface area contributed by atoms with Gasteiger partial charge in [0.05, 0.1) is 12.2 Å². The molecule has 0 aliphatic carbocycles. The number of fused-ring (bicyclic) bond motifs is 1. The number of anilines is 1. The Labute approximate surface area is 88.4 Å². The normalized spacial score (nSPS) is 23.5. The number of nitrogens with one attached hydrogen (secondary N) is 1. The van der Waals surface area contributed by atoms with Crippen molar-refractivity contribution in [2.24, 2.45) is 5.73 Å². The molecule has 1 aromatic carbocycles. The molecule has 2 rings (SSSR count). The average Bonchev–Trinajstić information content (AvgIpc) is 2.28. The molecule has 1 aliphatic rings. The van der Waals surface area contributed by atoms with E-state index in [1.807, 2.05) is 31.2 Å². The molecule has 1 amide bonds. The molecule has 15 heavy (non-hydrogen) atoms. The molecule has 3 N–H and O–H groups in total. The predicted octanol–water partition coefficient (Wildman–Crippen LogP) is 1.12. The van der Waals surface area contributed by atoms with Crippen LogP contribution in [0.3, 0.4) is 0 Å². The molecule has 0 saturated heterocycles. The van der Waals surface area contributed by atoms with Gasteiger partial charge in [-0.15, -0.1) is 0 Å². The van der Waals surface area contributed by atoms with Crippen molar-refractivity contribution in [2.75, 3.05) is 11.9 Å². The van der Waals surface area contributed by atoms with Crippen molar-refractivity contribution < 1.29 is 9.53 Å². The van der Waals surface area contributed by atoms with E-state index in [-0.39, 0.29) is 0 Å². The minimum Gasteiger partial charge on any atom is -0.473 e. The highest BCUT2D eigenvalue weighted by molar-refractivity contribution is 5.85. The number of carbonyl (C=O) groups excluding carboxylic acids is 1. The van der Waals surface area contributed by atoms with Crippen molar-refractivity contribution >= 4 is 11.6 Å². The number of nitrogens with two attached hydrogens (primary N) is 1. The fraction of sp³-hybridized carbons (Fsp3) is 0.364. The third-order valence-electron chi connectivity index (χ3n) is 2.78. The first-order valence-corrected chi connectivity index (χ1v) is 5.00. The predicted molar refractivity (Wildman–Crippen MR) is 57.8 cm³/mol. The number of amides is 1. The van der Waals surface area contributed by atoms with E-state index < -0.39 is 11.5 Å². The maximum atomic E-state index is 11.4. The lowest BCUT2D eigenvalue weighted by Crippen LogP contribution is -2.55. The topological polar surface area (TPSA) is 64.4 Å². The Balaban J connectivity index is 2.35. The van der Waals surface area contributed by atoms with E-state index >= 15 is 0 Å². The maximum absolute atomic E-state index is 11.4. The standard InChI is InChI=1S/C11H14N2O2/c1-2-11(10(12)14)7-13-8-5-3-4-6-9(8)15-11/h3-6,13H,2,7H2,1H3,(H2,12,14). The van der Waals surface area contributed by atoms with Crippen molar-refractivity contribution in [3.63, 3.8) is 0 Å². The van der Waals surface area contributed by atoms with Crippen LogP contribution in [-0.2, 0) is 4.79 Å². The SMILES string of the molecule is CCC1(C(N)=O)CNc2ccccc2O1. The molecule has 1 aromatic rings. The Morgan fingerprint density at radius 3 is 3.00 bits per heavy atom. The summed E-state index contributed by atoms with van der Waals surface area (Å²) in [6.07, 6.45) is 0.559. The molecule has 0 aromatic heterocycles. The Kier molecular flexibility index (Phi) is 2.26. The monoisotopic (exact) mass is 206 g/mol. The third-order valence-corrected chi connectivity index (χ3v) is 2.78. The van der Waals surface area contributed by atoms with Gasteiger partial charge in [-0.25, -0.2) is 0 Å². The third kappa shape index (κ3) is 1.52. The Bertz CT molecular complexity index is 392. The zero-order valence-corrected chi connectivity index (χ0v) is 8.62. The number of hydrogen-bond acceptors (Lipinski definition) is 3. The van der Waals surface area contributed by atoms with Gasteiger partial charge >= 0.3 is 0 Å². The van der Waals surface area contributed by atoms with Crippen LogP contribution in [0.2, 0.25) is 0 Å². The van der Waals surface area contributed by atoms with Gasteiger partial charge in [-0.3, -0.25) is 4.79 Å². The number of para-hydroxylation sites is 2. The summed E-state index contributed by atoms with van der Waals surface area (Å²) in [6.45, 7) is 2.32. The van der Waals surface area contributed by atoms with Crippen LogP contribution in [-0.4, -0.2) is 18.1 Å². The first-order valence-electron chi connectivity index (χ1n) is 5.00. The summed E-state index contributed by atoms with van der Waals surface area (Å²) in [5, 5.41) is 3.16. The smallest absolute Gasteiger partial charge is 0.263 e. The molecule has 0 spiro atoms. The van der Waals surface area contributed by atoms with Crippen LogP contribution < -0.4 is 15.8 Å². The number of carbonyl (C=O) groups is 1. The highest BCUT2D eigenvalue weighted by Gasteiger charge is 2.40. The number of rotatable bonds is 2. The average molecular weight is 206 g/mol. The number of hydrogen-bond donors (Lipinski definition) is 2. The lowest BCUT2D eigenvalue weighted by atomic mass is 9.97. The van der Waals surface area contributed by atoms with Crippen LogP contribution in [0.1, 0.15) is 13.3 Å². The van der Waals surface area contributed by atoms with Crippen LogP contribution in [0.15, 0.2) is 24.3 Å². The molecule has 80 valence electrons. The molecule has 1 heterocycles. The molecule has 0 bridgehead atoms. The molecular weight excluding hydrogens is 192 g/mol. The lowest BCUT2D eigenvalue weighted by molar-refractivity contribution is -0.133. The number of benzene rings is 1. The molecule has 1 aliphatic heterocycles. The Morgan fingerprint density at radius 2 is 2.33 bits per heavy atom. The quantitative estimate of drug-likeness (QED) is 0.762. The van der Waals surface area contributed by atoms with Gasteiger partial charge in [0.1, 0.15) is 5.75 Å². The second-order valence-corrected chi connectivity index (χ2v) is 3.66. The van der Waals surface area contributed by atoms with E-state index in [4.69, 9.17) is 10.5 Å². The van der Waals surface area contributed by atoms with Crippen LogP contribution in [0.5, 0.6) is 5.75 Å². The molecule has 1 atom stereocenters. The summed E-state index contributed by atoms with van der Waals surface area (Å²) in [4.78, 5) is 11.4. The van der Waals surface area contributed by atoms with Gasteiger partial charge in [-0.1, -0.05) is 19.1 Å². The number of primary amides is 1. The molecule has 1 unspecified atom stereocenters. The first kappa shape index (κ1) is 9.83. The molecule has 0 saturated carbocycles. The molecule has 4 nitrogen and oxygen atoms in total. The first-order chi connectivity index (χ1) is 7.18. The van der Waals surface area contributed by atoms with Gasteiger partial charge < -0.3 is 15.8 Å². The van der Waals surface area contributed by atoms with Crippen LogP contribution in [0, 0.1) is 0 Å². The van der Waals surface area contributed by atoms with Crippen LogP contribution >= 0.6 is 0 Å². The summed E-state index contributed by atoms with van der Waals surface area (Å²) in [5.74, 6) is 0.261. The van der Waals surface area contributed by atoms with E-state index in [2.05, 4.69) is 5.32 Å². The summed E-state index contributed by atoms with van der Waals surface area (Å²) in [5.41, 5.74) is 5.36. The summed E-state index contributed by atoms with van der Waals surface area (Å²) >= 11 is 0. The second kappa shape index (κ2) is 3.46. The minimum absolute atomic E-state index is 0.424. The van der Waals surface area contributed by atoms with Gasteiger partial charge in [0.15, 0.2) is 0 Å². The fourth-order valence-corrected chi connectivity index (χ4v) is 1.70. The van der Waals surface area contributed by atoms with Gasteiger partial charge in [0.2, 0.25) is 5.60 Å². The zero-order valence-electron chi connectivity index (χ0n) is 8.62. The zero-order chi connectivity index (χ0) is 10.9. The fourth-order valence-electron chi connectivity index (χ4n) is 1.70. The van der Waals surface area contributed by atoms with Crippen LogP contribution in [0.4, 0.5) is 5.69 Å². The van der Waals surface area contributed by atoms with Gasteiger partial charge in [0, 0.05) is 0 Å². The summed E-state index contributed by atoms with van der Waals surface area (Å²) < 4.78 is 5.69. The molecule has 4 heteroatoms. The highest BCUT2D eigenvalue weighted by atomic mass is 16.5. The van der Waals surface area contributed by atoms with Gasteiger partial charge in [0.25, 0.3) is 5.91 Å². The minimum atomic E-state index is -0.908. The molecule has 0 radical (unpaired) electrons. The van der Waals surface area contributed by atoms with Crippen molar-refractivity contribution in [2.45, 2.75) is 18.9 Å². The summed E-state index contributed by atoms with van der Waals surface area (Å²) in [6, 6.07) is 7.52. The second-order valence-electron chi connectivity index (χ2n) is 3.66. The van der Waals surface area contributed by atoms with E-state index in [0.29, 0.717) is 18.7 Å². The van der Waals surface area contributed by atoms with Crippen molar-refractivity contribution in [3.8, 4) is 5.75 Å². The van der Waals surface area contributed by atoms with E-state index in [9.17, 15) is 4.79 Å². The maximum Gasteiger partial charge on any atom is 0.263 e. The number of ether oxygens (including phenoxy) is 1. The summed E-state index contributed by atoms with van der Waals surface area (Å²) in [7, 11) is 0. The lowest BCUT2D eigenvalue weighted by Gasteiger charge is -2.35. The van der Waals surface area contributed by atoms with Crippen molar-refractivity contribution in [1.29, 1.82) is 0 Å². The van der Waals surface area contributed by atoms with Gasteiger partial charge in [-0.2, -0.15) is 0 Å². The van der Waals surface area contributed by atoms with Crippen LogP contribution in [0.25, 0.3) is 0 Å². The van der Waals surface area contributed by atoms with Crippen molar-refractivity contribution in [3.05, 3.63) is 24.3 Å². The largest absolute Gasteiger partial charge is 0.473 e. The highest BCUT2D eigenvalue weighted by Crippen LogP contribution is 2.33. The van der Waals surface area contributed by atoms with Gasteiger partial charge in [-0.05, 0) is 18.6 Å². The van der Waals surface area contributed by atoms with E-state index in [0.717, 1.165) is 5.69 Å². The van der Waals surface area contributed by atoms with Crippen molar-refractivity contribution in [1.82, 2.24) is 0 Å².